The van der Waals surface area contributed by atoms with E-state index < -0.39 is 5.97 Å². The van der Waals surface area contributed by atoms with Crippen molar-refractivity contribution in [3.05, 3.63) is 101 Å². The number of hydrogen-bond donors (Lipinski definition) is 1. The molecule has 1 heterocycles. The van der Waals surface area contributed by atoms with Gasteiger partial charge < -0.3 is 14.4 Å². The zero-order valence-electron chi connectivity index (χ0n) is 18.3. The molecular formula is C28H24ClNO3. The second-order valence-corrected chi connectivity index (χ2v) is 8.19. The first-order chi connectivity index (χ1) is 16.0. The molecule has 0 bridgehead atoms. The minimum absolute atomic E-state index is 0.0285. The molecule has 3 aromatic carbocycles. The third-order valence-corrected chi connectivity index (χ3v) is 5.94. The van der Waals surface area contributed by atoms with Crippen molar-refractivity contribution in [1.82, 2.24) is 4.57 Å². The highest BCUT2D eigenvalue weighted by Gasteiger charge is 2.14. The molecule has 0 radical (unpaired) electrons. The summed E-state index contributed by atoms with van der Waals surface area (Å²) in [6.07, 6.45) is 2.03. The lowest BCUT2D eigenvalue weighted by Gasteiger charge is -2.13. The monoisotopic (exact) mass is 457 g/mol. The van der Waals surface area contributed by atoms with E-state index in [4.69, 9.17) is 21.4 Å². The smallest absolute Gasteiger partial charge is 0.304 e. The molecular weight excluding hydrogens is 434 g/mol. The fourth-order valence-electron chi connectivity index (χ4n) is 3.87. The second-order valence-electron chi connectivity index (χ2n) is 7.81. The van der Waals surface area contributed by atoms with E-state index >= 15 is 0 Å². The molecule has 1 atom stereocenters. The van der Waals surface area contributed by atoms with Crippen molar-refractivity contribution in [3.8, 4) is 17.6 Å². The van der Waals surface area contributed by atoms with Gasteiger partial charge in [-0.05, 0) is 36.2 Å². The Labute approximate surface area is 198 Å². The van der Waals surface area contributed by atoms with Crippen LogP contribution in [0.2, 0.25) is 5.02 Å². The van der Waals surface area contributed by atoms with E-state index in [1.165, 1.54) is 5.56 Å². The van der Waals surface area contributed by atoms with E-state index in [-0.39, 0.29) is 12.3 Å². The van der Waals surface area contributed by atoms with Crippen molar-refractivity contribution in [1.29, 1.82) is 0 Å². The molecule has 5 heteroatoms. The van der Waals surface area contributed by atoms with Crippen LogP contribution in [0.25, 0.3) is 10.9 Å². The maximum Gasteiger partial charge on any atom is 0.304 e. The number of aliphatic carboxylic acids is 1. The van der Waals surface area contributed by atoms with Gasteiger partial charge in [-0.1, -0.05) is 72.1 Å². The summed E-state index contributed by atoms with van der Waals surface area (Å²) >= 11 is 6.80. The Bertz CT molecular complexity index is 1310. The van der Waals surface area contributed by atoms with E-state index in [1.54, 1.807) is 6.92 Å². The van der Waals surface area contributed by atoms with E-state index in [2.05, 4.69) is 46.9 Å². The molecule has 33 heavy (non-hydrogen) atoms. The number of carboxylic acids is 1. The van der Waals surface area contributed by atoms with Gasteiger partial charge in [0.1, 0.15) is 12.4 Å². The zero-order chi connectivity index (χ0) is 23.2. The summed E-state index contributed by atoms with van der Waals surface area (Å²) in [6, 6.07) is 23.8. The molecule has 0 aliphatic carbocycles. The van der Waals surface area contributed by atoms with Crippen molar-refractivity contribution < 1.29 is 14.6 Å². The predicted octanol–water partition coefficient (Wildman–Crippen LogP) is 6.50. The molecule has 0 aliphatic heterocycles. The average Bonchev–Trinajstić information content (AvgIpc) is 3.22. The number of rotatable bonds is 8. The molecule has 0 saturated heterocycles. The first-order valence-corrected chi connectivity index (χ1v) is 11.1. The first-order valence-electron chi connectivity index (χ1n) is 10.7. The molecule has 0 unspecified atom stereocenters. The van der Waals surface area contributed by atoms with Gasteiger partial charge in [0.25, 0.3) is 0 Å². The molecule has 0 fully saturated rings. The number of halogens is 1. The number of benzene rings is 3. The summed E-state index contributed by atoms with van der Waals surface area (Å²) in [5, 5.41) is 10.9. The molecule has 4 nitrogen and oxygen atoms in total. The van der Waals surface area contributed by atoms with Gasteiger partial charge >= 0.3 is 5.97 Å². The topological polar surface area (TPSA) is 51.5 Å². The van der Waals surface area contributed by atoms with Crippen LogP contribution in [-0.2, 0) is 17.9 Å². The summed E-state index contributed by atoms with van der Waals surface area (Å²) < 4.78 is 8.14. The second kappa shape index (κ2) is 10.3. The van der Waals surface area contributed by atoms with Crippen LogP contribution in [0.5, 0.6) is 5.75 Å². The van der Waals surface area contributed by atoms with Gasteiger partial charge in [-0.15, -0.1) is 5.92 Å². The largest absolute Gasteiger partial charge is 0.489 e. The van der Waals surface area contributed by atoms with Crippen LogP contribution in [-0.4, -0.2) is 15.6 Å². The van der Waals surface area contributed by atoms with Crippen molar-refractivity contribution in [2.24, 2.45) is 0 Å². The van der Waals surface area contributed by atoms with Gasteiger partial charge in [0.2, 0.25) is 0 Å². The fraction of sp³-hybridized carbons (Fsp3) is 0.179. The molecule has 0 amide bonds. The molecule has 166 valence electrons. The normalized spacial score (nSPS) is 11.6. The van der Waals surface area contributed by atoms with E-state index in [0.29, 0.717) is 17.4 Å². The lowest BCUT2D eigenvalue weighted by atomic mass is 9.96. The first kappa shape index (κ1) is 22.5. The predicted molar refractivity (Wildman–Crippen MR) is 132 cm³/mol. The van der Waals surface area contributed by atoms with Crippen LogP contribution in [0.3, 0.4) is 0 Å². The van der Waals surface area contributed by atoms with Gasteiger partial charge in [-0.2, -0.15) is 0 Å². The van der Waals surface area contributed by atoms with Crippen LogP contribution < -0.4 is 4.74 Å². The summed E-state index contributed by atoms with van der Waals surface area (Å²) in [5.74, 6) is 5.25. The maximum absolute atomic E-state index is 11.1. The number of hydrogen-bond acceptors (Lipinski definition) is 2. The Hall–Kier alpha value is -3.68. The lowest BCUT2D eigenvalue weighted by Crippen LogP contribution is -2.05. The van der Waals surface area contributed by atoms with Crippen LogP contribution in [0.15, 0.2) is 79.0 Å². The molecule has 0 saturated carbocycles. The van der Waals surface area contributed by atoms with Crippen LogP contribution in [0, 0.1) is 11.8 Å². The van der Waals surface area contributed by atoms with Crippen molar-refractivity contribution in [3.63, 3.8) is 0 Å². The van der Waals surface area contributed by atoms with Gasteiger partial charge in [0.15, 0.2) is 0 Å². The summed E-state index contributed by atoms with van der Waals surface area (Å²) in [4.78, 5) is 11.1. The third-order valence-electron chi connectivity index (χ3n) is 5.52. The number of fused-ring (bicyclic) bond motifs is 1. The van der Waals surface area contributed by atoms with E-state index in [9.17, 15) is 4.79 Å². The number of carbonyl (C=O) groups is 1. The molecule has 0 aliphatic rings. The SMILES string of the molecule is CC#C[C@@H](CC(=O)O)c1ccc(OCc2ccc3ccn(Cc4ccccc4)c3c2Cl)cc1. The standard InChI is InChI=1S/C28H24ClNO3/c1-2-6-23(17-26(31)32)21-11-13-25(14-12-21)33-19-24-10-9-22-15-16-30(28(22)27(24)29)18-20-7-4-3-5-8-20/h3-5,7-16,23H,17-19H2,1H3,(H,31,32)/t23-/m0/s1. The van der Waals surface area contributed by atoms with Crippen molar-refractivity contribution in [2.75, 3.05) is 0 Å². The van der Waals surface area contributed by atoms with Crippen molar-refractivity contribution in [2.45, 2.75) is 32.4 Å². The Balaban J connectivity index is 1.50. The Morgan fingerprint density at radius 2 is 1.82 bits per heavy atom. The lowest BCUT2D eigenvalue weighted by molar-refractivity contribution is -0.137. The van der Waals surface area contributed by atoms with Gasteiger partial charge in [0.05, 0.1) is 22.9 Å². The molecule has 1 aromatic heterocycles. The summed E-state index contributed by atoms with van der Waals surface area (Å²) in [6.45, 7) is 2.79. The third kappa shape index (κ3) is 5.39. The van der Waals surface area contributed by atoms with Crippen LogP contribution >= 0.6 is 11.6 Å². The highest BCUT2D eigenvalue weighted by molar-refractivity contribution is 6.36. The summed E-state index contributed by atoms with van der Waals surface area (Å²) in [5.41, 5.74) is 3.97. The van der Waals surface area contributed by atoms with Gasteiger partial charge in [-0.3, -0.25) is 4.79 Å². The van der Waals surface area contributed by atoms with E-state index in [0.717, 1.165) is 28.6 Å². The minimum Gasteiger partial charge on any atom is -0.489 e. The van der Waals surface area contributed by atoms with Crippen LogP contribution in [0.4, 0.5) is 0 Å². The number of carboxylic acid groups (broad SMARTS) is 1. The quantitative estimate of drug-likeness (QED) is 0.307. The average molecular weight is 458 g/mol. The highest BCUT2D eigenvalue weighted by atomic mass is 35.5. The van der Waals surface area contributed by atoms with Gasteiger partial charge in [-0.25, -0.2) is 0 Å². The van der Waals surface area contributed by atoms with Gasteiger partial charge in [0, 0.05) is 23.7 Å². The van der Waals surface area contributed by atoms with E-state index in [1.807, 2.05) is 48.5 Å². The minimum atomic E-state index is -0.870. The number of nitrogens with zero attached hydrogens (tertiary/aromatic N) is 1. The fourth-order valence-corrected chi connectivity index (χ4v) is 4.21. The Kier molecular flexibility index (Phi) is 7.02. The highest BCUT2D eigenvalue weighted by Crippen LogP contribution is 2.30. The zero-order valence-corrected chi connectivity index (χ0v) is 19.0. The van der Waals surface area contributed by atoms with Crippen molar-refractivity contribution >= 4 is 28.5 Å². The number of ether oxygens (including phenoxy) is 1. The maximum atomic E-state index is 11.1. The number of aromatic nitrogens is 1. The molecule has 4 rings (SSSR count). The summed E-state index contributed by atoms with van der Waals surface area (Å²) in [7, 11) is 0. The molecule has 4 aromatic rings. The Morgan fingerprint density at radius 1 is 1.06 bits per heavy atom. The molecule has 1 N–H and O–H groups in total. The Morgan fingerprint density at radius 3 is 2.52 bits per heavy atom. The van der Waals surface area contributed by atoms with Crippen LogP contribution in [0.1, 0.15) is 36.0 Å². The molecule has 0 spiro atoms.